The van der Waals surface area contributed by atoms with Gasteiger partial charge in [-0.15, -0.1) is 0 Å². The summed E-state index contributed by atoms with van der Waals surface area (Å²) in [6.07, 6.45) is 3.33. The fourth-order valence-electron chi connectivity index (χ4n) is 2.80. The second kappa shape index (κ2) is 7.70. The van der Waals surface area contributed by atoms with Crippen molar-refractivity contribution in [3.63, 3.8) is 0 Å². The lowest BCUT2D eigenvalue weighted by Crippen LogP contribution is -2.14. The zero-order valence-corrected chi connectivity index (χ0v) is 14.8. The van der Waals surface area contributed by atoms with Crippen molar-refractivity contribution in [2.45, 2.75) is 13.5 Å². The zero-order chi connectivity index (χ0) is 19.4. The van der Waals surface area contributed by atoms with Gasteiger partial charge in [-0.3, -0.25) is 10.0 Å². The molecule has 1 aromatic heterocycles. The Balaban J connectivity index is 1.86. The van der Waals surface area contributed by atoms with Crippen molar-refractivity contribution in [3.05, 3.63) is 71.4 Å². The third kappa shape index (κ3) is 3.95. The predicted octanol–water partition coefficient (Wildman–Crippen LogP) is 3.62. The van der Waals surface area contributed by atoms with Crippen LogP contribution in [-0.2, 0) is 20.9 Å². The van der Waals surface area contributed by atoms with E-state index in [0.29, 0.717) is 16.0 Å². The molecule has 0 saturated heterocycles. The molecule has 0 radical (unpaired) electrons. The van der Waals surface area contributed by atoms with E-state index in [0.717, 1.165) is 16.5 Å². The van der Waals surface area contributed by atoms with Gasteiger partial charge >= 0.3 is 5.97 Å². The lowest BCUT2D eigenvalue weighted by molar-refractivity contribution is -0.706. The molecule has 2 N–H and O–H groups in total. The van der Waals surface area contributed by atoms with Crippen molar-refractivity contribution in [1.82, 2.24) is 4.98 Å². The van der Waals surface area contributed by atoms with E-state index >= 15 is 0 Å². The first-order valence-corrected chi connectivity index (χ1v) is 8.30. The van der Waals surface area contributed by atoms with Gasteiger partial charge in [0.1, 0.15) is 12.2 Å². The number of Topliss-reactive ketones (excluding diaryl/α,β-unsaturated/α-hetero) is 1. The van der Waals surface area contributed by atoms with Gasteiger partial charge in [0.05, 0.1) is 5.56 Å². The maximum Gasteiger partial charge on any atom is 0.342 e. The summed E-state index contributed by atoms with van der Waals surface area (Å²) in [6, 6.07) is 14.3. The van der Waals surface area contributed by atoms with Crippen LogP contribution in [-0.4, -0.2) is 33.4 Å². The second-order valence-corrected chi connectivity index (χ2v) is 6.00. The number of para-hydroxylation sites is 1. The number of hydrogen-bond acceptors (Lipinski definition) is 4. The summed E-state index contributed by atoms with van der Waals surface area (Å²) >= 11 is 0. The summed E-state index contributed by atoms with van der Waals surface area (Å²) in [5.41, 5.74) is 2.59. The van der Waals surface area contributed by atoms with Crippen molar-refractivity contribution < 1.29 is 24.3 Å². The molecule has 3 rings (SSSR count). The number of H-pyrrole nitrogens is 1. The smallest absolute Gasteiger partial charge is 0.342 e. The van der Waals surface area contributed by atoms with Crippen molar-refractivity contribution in [1.29, 1.82) is 0 Å². The highest BCUT2D eigenvalue weighted by molar-refractivity contribution is 6.20. The monoisotopic (exact) mass is 363 g/mol. The summed E-state index contributed by atoms with van der Waals surface area (Å²) < 4.78 is 6.01. The second-order valence-electron chi connectivity index (χ2n) is 6.00. The van der Waals surface area contributed by atoms with Gasteiger partial charge in [0, 0.05) is 27.9 Å². The van der Waals surface area contributed by atoms with Crippen LogP contribution >= 0.6 is 0 Å². The lowest BCUT2D eigenvalue weighted by Gasteiger charge is -2.07. The van der Waals surface area contributed by atoms with Gasteiger partial charge in [-0.25, -0.2) is 4.79 Å². The van der Waals surface area contributed by atoms with Gasteiger partial charge in [0.15, 0.2) is 12.5 Å². The van der Waals surface area contributed by atoms with Gasteiger partial charge in [-0.05, 0) is 36.8 Å². The molecule has 1 heterocycles. The summed E-state index contributed by atoms with van der Waals surface area (Å²) in [5, 5.41) is 10.5. The number of ketones is 1. The number of aromatic nitrogens is 1. The Morgan fingerprint density at radius 2 is 1.96 bits per heavy atom. The first-order valence-electron chi connectivity index (χ1n) is 8.30. The number of esters is 1. The summed E-state index contributed by atoms with van der Waals surface area (Å²) in [6.45, 7) is 4.65. The predicted molar refractivity (Wildman–Crippen MR) is 102 cm³/mol. The number of fused-ring (bicyclic) bond motifs is 1. The van der Waals surface area contributed by atoms with E-state index in [-0.39, 0.29) is 18.0 Å². The molecule has 0 fully saturated rings. The third-order valence-corrected chi connectivity index (χ3v) is 4.16. The van der Waals surface area contributed by atoms with Gasteiger partial charge in [0.25, 0.3) is 5.69 Å². The maximum atomic E-state index is 12.5. The van der Waals surface area contributed by atoms with Crippen LogP contribution in [0, 0.1) is 0 Å². The van der Waals surface area contributed by atoms with Gasteiger partial charge in [-0.1, -0.05) is 24.3 Å². The van der Waals surface area contributed by atoms with E-state index in [1.807, 2.05) is 24.3 Å². The Kier molecular flexibility index (Phi) is 5.17. The molecule has 0 spiro atoms. The van der Waals surface area contributed by atoms with E-state index < -0.39 is 5.97 Å². The van der Waals surface area contributed by atoms with Crippen LogP contribution in [0.5, 0.6) is 0 Å². The van der Waals surface area contributed by atoms with E-state index in [1.54, 1.807) is 30.5 Å². The van der Waals surface area contributed by atoms with E-state index in [4.69, 9.17) is 4.74 Å². The number of nitrogens with one attached hydrogen (secondary N) is 1. The van der Waals surface area contributed by atoms with E-state index in [9.17, 15) is 14.8 Å². The topological polar surface area (TPSA) is 82.4 Å². The molecule has 0 atom stereocenters. The summed E-state index contributed by atoms with van der Waals surface area (Å²) in [5.74, 6) is -1.11. The molecule has 0 aliphatic carbocycles. The first kappa shape index (κ1) is 18.1. The van der Waals surface area contributed by atoms with Gasteiger partial charge < -0.3 is 9.72 Å². The first-order chi connectivity index (χ1) is 13.0. The fourth-order valence-corrected chi connectivity index (χ4v) is 2.80. The molecule has 0 unspecified atom stereocenters. The molecule has 3 aromatic rings. The molecule has 6 heteroatoms. The summed E-state index contributed by atoms with van der Waals surface area (Å²) in [7, 11) is 0. The molecule has 0 aliphatic heterocycles. The molecule has 0 bridgehead atoms. The zero-order valence-electron chi connectivity index (χ0n) is 14.8. The van der Waals surface area contributed by atoms with Crippen molar-refractivity contribution >= 4 is 41.1 Å². The number of aromatic amines is 1. The lowest BCUT2D eigenvalue weighted by atomic mass is 10.0. The standard InChI is InChI=1S/C21H18N2O4/c1-14(24)18(12-15-7-5-8-19-17(15)10-11-22-19)21(25)27-13-16-6-3-4-9-20(16)23(2)26/h3-12H,2,13H2,1H3,(H-,22,24,25,26)/p+1. The molecule has 0 saturated carbocycles. The number of benzene rings is 2. The number of hydrogen-bond donors (Lipinski definition) is 2. The van der Waals surface area contributed by atoms with E-state index in [2.05, 4.69) is 11.7 Å². The Hall–Kier alpha value is -3.67. The van der Waals surface area contributed by atoms with Crippen LogP contribution in [0.2, 0.25) is 0 Å². The molecule has 0 amide bonds. The third-order valence-electron chi connectivity index (χ3n) is 4.16. The number of carbonyl (C=O) groups is 2. The molecule has 0 aliphatic rings. The number of ether oxygens (including phenoxy) is 1. The van der Waals surface area contributed by atoms with Crippen LogP contribution in [0.25, 0.3) is 17.0 Å². The van der Waals surface area contributed by atoms with Crippen molar-refractivity contribution in [2.75, 3.05) is 0 Å². The maximum absolute atomic E-state index is 12.5. The van der Waals surface area contributed by atoms with Crippen LogP contribution in [0.1, 0.15) is 18.1 Å². The highest BCUT2D eigenvalue weighted by Gasteiger charge is 2.19. The fraction of sp³-hybridized carbons (Fsp3) is 0.0952. The SMILES string of the molecule is C=[N+](O)c1ccccc1COC(=O)/C(=C\c1cccc2[nH]ccc12)C(C)=O. The molecule has 6 nitrogen and oxygen atoms in total. The van der Waals surface area contributed by atoms with Crippen LogP contribution in [0.4, 0.5) is 5.69 Å². The van der Waals surface area contributed by atoms with Crippen LogP contribution in [0.3, 0.4) is 0 Å². The van der Waals surface area contributed by atoms with Gasteiger partial charge in [-0.2, -0.15) is 0 Å². The molecular formula is C21H19N2O4+. The molecule has 27 heavy (non-hydrogen) atoms. The number of carbonyl (C=O) groups excluding carboxylic acids is 2. The van der Waals surface area contributed by atoms with Crippen molar-refractivity contribution in [2.24, 2.45) is 0 Å². The normalized spacial score (nSPS) is 11.4. The molecule has 2 aromatic carbocycles. The Morgan fingerprint density at radius 3 is 2.70 bits per heavy atom. The highest BCUT2D eigenvalue weighted by atomic mass is 16.5. The quantitative estimate of drug-likeness (QED) is 0.102. The average molecular weight is 363 g/mol. The largest absolute Gasteiger partial charge is 0.457 e. The number of nitrogens with zero attached hydrogens (tertiary/aromatic N) is 1. The number of rotatable bonds is 6. The van der Waals surface area contributed by atoms with Crippen LogP contribution < -0.4 is 0 Å². The highest BCUT2D eigenvalue weighted by Crippen LogP contribution is 2.22. The van der Waals surface area contributed by atoms with E-state index in [1.165, 1.54) is 13.0 Å². The van der Waals surface area contributed by atoms with Crippen LogP contribution in [0.15, 0.2) is 60.3 Å². The average Bonchev–Trinajstić information content (AvgIpc) is 3.13. The Labute approximate surface area is 156 Å². The molecule has 136 valence electrons. The minimum Gasteiger partial charge on any atom is -0.457 e. The minimum atomic E-state index is -0.724. The van der Waals surface area contributed by atoms with Gasteiger partial charge in [0.2, 0.25) is 0 Å². The Morgan fingerprint density at radius 1 is 1.19 bits per heavy atom. The Bertz CT molecular complexity index is 1060. The molecular weight excluding hydrogens is 344 g/mol. The van der Waals surface area contributed by atoms with Crippen molar-refractivity contribution in [3.8, 4) is 0 Å². The summed E-state index contributed by atoms with van der Waals surface area (Å²) in [4.78, 5) is 27.6. The minimum absolute atomic E-state index is 0.0448.